The molecular weight excluding hydrogens is 262 g/mol. The summed E-state index contributed by atoms with van der Waals surface area (Å²) in [4.78, 5) is 14.3. The minimum absolute atomic E-state index is 0.0149. The van der Waals surface area contributed by atoms with E-state index in [1.165, 1.54) is 0 Å². The van der Waals surface area contributed by atoms with Crippen molar-refractivity contribution < 1.29 is 9.53 Å². The summed E-state index contributed by atoms with van der Waals surface area (Å²) in [5.74, 6) is 0.794. The van der Waals surface area contributed by atoms with Crippen LogP contribution in [0.3, 0.4) is 0 Å². The van der Waals surface area contributed by atoms with Gasteiger partial charge in [0, 0.05) is 6.04 Å². The van der Waals surface area contributed by atoms with E-state index in [0.717, 1.165) is 11.3 Å². The van der Waals surface area contributed by atoms with Crippen molar-refractivity contribution in [2.75, 3.05) is 0 Å². The van der Waals surface area contributed by atoms with Crippen LogP contribution in [0.15, 0.2) is 60.7 Å². The lowest BCUT2D eigenvalue weighted by molar-refractivity contribution is -0.167. The molecule has 0 aliphatic carbocycles. The predicted octanol–water partition coefficient (Wildman–Crippen LogP) is 3.43. The van der Waals surface area contributed by atoms with Crippen LogP contribution in [0.4, 0.5) is 0 Å². The van der Waals surface area contributed by atoms with Crippen molar-refractivity contribution in [3.05, 3.63) is 66.2 Å². The molecule has 1 amide bonds. The highest BCUT2D eigenvalue weighted by Gasteiger charge is 2.51. The average molecular weight is 281 g/mol. The lowest BCUT2D eigenvalue weighted by Gasteiger charge is -2.49. The van der Waals surface area contributed by atoms with E-state index in [4.69, 9.17) is 4.74 Å². The quantitative estimate of drug-likeness (QED) is 0.804. The SMILES string of the molecule is CC(C)N1C(=O)[C@@H](Oc2ccccc2)[C@@H]1c1ccccc1. The fourth-order valence-electron chi connectivity index (χ4n) is 2.80. The molecule has 2 aromatic carbocycles. The van der Waals surface area contributed by atoms with Crippen LogP contribution in [0, 0.1) is 0 Å². The first-order chi connectivity index (χ1) is 10.2. The highest BCUT2D eigenvalue weighted by atomic mass is 16.5. The topological polar surface area (TPSA) is 29.5 Å². The molecule has 0 bridgehead atoms. The number of hydrogen-bond acceptors (Lipinski definition) is 2. The first-order valence-electron chi connectivity index (χ1n) is 7.27. The number of benzene rings is 2. The van der Waals surface area contributed by atoms with Gasteiger partial charge in [0.25, 0.3) is 5.91 Å². The van der Waals surface area contributed by atoms with Crippen molar-refractivity contribution in [3.8, 4) is 5.75 Å². The van der Waals surface area contributed by atoms with E-state index in [0.29, 0.717) is 0 Å². The number of rotatable bonds is 4. The average Bonchev–Trinajstić information content (AvgIpc) is 2.51. The molecule has 21 heavy (non-hydrogen) atoms. The molecule has 1 aliphatic rings. The molecule has 3 nitrogen and oxygen atoms in total. The number of likely N-dealkylation sites (tertiary alicyclic amines) is 1. The summed E-state index contributed by atoms with van der Waals surface area (Å²) in [5, 5.41) is 0. The van der Waals surface area contributed by atoms with Crippen LogP contribution in [-0.2, 0) is 4.79 Å². The number of carbonyl (C=O) groups excluding carboxylic acids is 1. The van der Waals surface area contributed by atoms with Gasteiger partial charge in [-0.25, -0.2) is 0 Å². The van der Waals surface area contributed by atoms with Gasteiger partial charge in [-0.15, -0.1) is 0 Å². The Kier molecular flexibility index (Phi) is 3.65. The Morgan fingerprint density at radius 1 is 0.952 bits per heavy atom. The van der Waals surface area contributed by atoms with Gasteiger partial charge < -0.3 is 9.64 Å². The van der Waals surface area contributed by atoms with Crippen molar-refractivity contribution >= 4 is 5.91 Å². The zero-order valence-electron chi connectivity index (χ0n) is 12.3. The Bertz CT molecular complexity index is 610. The molecule has 1 heterocycles. The van der Waals surface area contributed by atoms with Gasteiger partial charge in [0.15, 0.2) is 0 Å². The number of carbonyl (C=O) groups is 1. The zero-order chi connectivity index (χ0) is 14.8. The highest BCUT2D eigenvalue weighted by Crippen LogP contribution is 2.38. The first kappa shape index (κ1) is 13.7. The first-order valence-corrected chi connectivity index (χ1v) is 7.27. The molecular formula is C18H19NO2. The Morgan fingerprint density at radius 2 is 1.52 bits per heavy atom. The van der Waals surface area contributed by atoms with Crippen LogP contribution in [0.5, 0.6) is 5.75 Å². The number of hydrogen-bond donors (Lipinski definition) is 0. The molecule has 1 fully saturated rings. The second-order valence-corrected chi connectivity index (χ2v) is 5.55. The third-order valence-electron chi connectivity index (χ3n) is 3.79. The Hall–Kier alpha value is -2.29. The van der Waals surface area contributed by atoms with Gasteiger partial charge in [-0.05, 0) is 31.5 Å². The van der Waals surface area contributed by atoms with Gasteiger partial charge in [0.05, 0.1) is 0 Å². The summed E-state index contributed by atoms with van der Waals surface area (Å²) in [6, 6.07) is 19.8. The molecule has 0 unspecified atom stereocenters. The van der Waals surface area contributed by atoms with Crippen LogP contribution in [0.25, 0.3) is 0 Å². The van der Waals surface area contributed by atoms with Gasteiger partial charge in [0.1, 0.15) is 11.8 Å². The van der Waals surface area contributed by atoms with Crippen LogP contribution in [-0.4, -0.2) is 23.0 Å². The molecule has 3 rings (SSSR count). The van der Waals surface area contributed by atoms with Crippen LogP contribution in [0.2, 0.25) is 0 Å². The number of para-hydroxylation sites is 1. The van der Waals surface area contributed by atoms with E-state index in [1.54, 1.807) is 0 Å². The third kappa shape index (κ3) is 2.51. The van der Waals surface area contributed by atoms with E-state index in [1.807, 2.05) is 79.4 Å². The van der Waals surface area contributed by atoms with Crippen molar-refractivity contribution in [1.29, 1.82) is 0 Å². The number of β-lactam (4-membered cyclic amide) rings is 1. The summed E-state index contributed by atoms with van der Waals surface area (Å²) in [5.41, 5.74) is 1.12. The van der Waals surface area contributed by atoms with Crippen molar-refractivity contribution in [2.45, 2.75) is 32.0 Å². The van der Waals surface area contributed by atoms with Gasteiger partial charge in [-0.3, -0.25) is 4.79 Å². The summed E-state index contributed by atoms with van der Waals surface area (Å²) < 4.78 is 5.92. The molecule has 0 aromatic heterocycles. The maximum Gasteiger partial charge on any atom is 0.267 e. The van der Waals surface area contributed by atoms with Crippen LogP contribution in [0.1, 0.15) is 25.5 Å². The number of nitrogens with zero attached hydrogens (tertiary/aromatic N) is 1. The van der Waals surface area contributed by atoms with Gasteiger partial charge in [0.2, 0.25) is 6.10 Å². The summed E-state index contributed by atoms with van der Waals surface area (Å²) in [7, 11) is 0. The molecule has 0 radical (unpaired) electrons. The predicted molar refractivity (Wildman–Crippen MR) is 82.0 cm³/mol. The summed E-state index contributed by atoms with van der Waals surface area (Å²) in [6.45, 7) is 4.07. The standard InChI is InChI=1S/C18H19NO2/c1-13(2)19-16(14-9-5-3-6-10-14)17(18(19)20)21-15-11-7-4-8-12-15/h3-13,16-17H,1-2H3/t16-,17-/m0/s1. The molecule has 2 atom stereocenters. The van der Waals surface area contributed by atoms with Gasteiger partial charge in [-0.2, -0.15) is 0 Å². The minimum atomic E-state index is -0.433. The maximum absolute atomic E-state index is 12.4. The molecule has 1 saturated heterocycles. The van der Waals surface area contributed by atoms with E-state index < -0.39 is 6.10 Å². The van der Waals surface area contributed by atoms with E-state index in [2.05, 4.69) is 0 Å². The number of ether oxygens (including phenoxy) is 1. The Labute approximate surface area is 125 Å². The fourth-order valence-corrected chi connectivity index (χ4v) is 2.80. The lowest BCUT2D eigenvalue weighted by Crippen LogP contribution is -2.63. The van der Waals surface area contributed by atoms with Gasteiger partial charge >= 0.3 is 0 Å². The Balaban J connectivity index is 1.87. The lowest BCUT2D eigenvalue weighted by atomic mass is 9.89. The van der Waals surface area contributed by atoms with E-state index in [9.17, 15) is 4.79 Å². The minimum Gasteiger partial charge on any atom is -0.478 e. The highest BCUT2D eigenvalue weighted by molar-refractivity contribution is 5.89. The fraction of sp³-hybridized carbons (Fsp3) is 0.278. The van der Waals surface area contributed by atoms with Crippen molar-refractivity contribution in [1.82, 2.24) is 4.90 Å². The van der Waals surface area contributed by atoms with Crippen molar-refractivity contribution in [3.63, 3.8) is 0 Å². The third-order valence-corrected chi connectivity index (χ3v) is 3.79. The molecule has 0 N–H and O–H groups in total. The summed E-state index contributed by atoms with van der Waals surface area (Å²) >= 11 is 0. The van der Waals surface area contributed by atoms with Crippen LogP contribution >= 0.6 is 0 Å². The molecule has 2 aromatic rings. The largest absolute Gasteiger partial charge is 0.478 e. The molecule has 0 saturated carbocycles. The van der Waals surface area contributed by atoms with Crippen LogP contribution < -0.4 is 4.74 Å². The molecule has 0 spiro atoms. The van der Waals surface area contributed by atoms with Crippen molar-refractivity contribution in [2.24, 2.45) is 0 Å². The summed E-state index contributed by atoms with van der Waals surface area (Å²) in [6.07, 6.45) is -0.433. The smallest absolute Gasteiger partial charge is 0.267 e. The maximum atomic E-state index is 12.4. The molecule has 1 aliphatic heterocycles. The van der Waals surface area contributed by atoms with E-state index in [-0.39, 0.29) is 18.0 Å². The molecule has 108 valence electrons. The zero-order valence-corrected chi connectivity index (χ0v) is 12.3. The number of amides is 1. The second kappa shape index (κ2) is 5.60. The normalized spacial score (nSPS) is 21.3. The molecule has 3 heteroatoms. The van der Waals surface area contributed by atoms with E-state index >= 15 is 0 Å². The second-order valence-electron chi connectivity index (χ2n) is 5.55. The Morgan fingerprint density at radius 3 is 2.10 bits per heavy atom. The monoisotopic (exact) mass is 281 g/mol. The van der Waals surface area contributed by atoms with Gasteiger partial charge in [-0.1, -0.05) is 48.5 Å².